The Labute approximate surface area is 231 Å². The molecule has 2 aliphatic rings. The number of ether oxygens (including phenoxy) is 4. The summed E-state index contributed by atoms with van der Waals surface area (Å²) >= 11 is 6.30. The summed E-state index contributed by atoms with van der Waals surface area (Å²) in [5.41, 5.74) is 0.654. The van der Waals surface area contributed by atoms with Crippen molar-refractivity contribution < 1.29 is 23.7 Å². The lowest BCUT2D eigenvalue weighted by Crippen LogP contribution is -2.47. The fraction of sp³-hybridized carbons (Fsp3) is 0.500. The molecular weight excluding hydrogens is 526 g/mol. The third kappa shape index (κ3) is 7.01. The summed E-state index contributed by atoms with van der Waals surface area (Å²) in [5.74, 6) is 2.37. The molecule has 0 atom stereocenters. The van der Waals surface area contributed by atoms with E-state index in [9.17, 15) is 4.79 Å². The van der Waals surface area contributed by atoms with Gasteiger partial charge in [-0.25, -0.2) is 15.0 Å². The van der Waals surface area contributed by atoms with Crippen molar-refractivity contribution in [2.45, 2.75) is 18.9 Å². The van der Waals surface area contributed by atoms with Crippen molar-refractivity contribution in [3.63, 3.8) is 0 Å². The van der Waals surface area contributed by atoms with Crippen LogP contribution in [0.2, 0.25) is 5.15 Å². The van der Waals surface area contributed by atoms with Gasteiger partial charge in [-0.2, -0.15) is 4.98 Å². The Morgan fingerprint density at radius 2 is 1.90 bits per heavy atom. The number of nitrogens with one attached hydrogen (secondary N) is 1. The second kappa shape index (κ2) is 13.2. The largest absolute Gasteiger partial charge is 0.492 e. The summed E-state index contributed by atoms with van der Waals surface area (Å²) in [5, 5.41) is 4.04. The van der Waals surface area contributed by atoms with Gasteiger partial charge in [0.25, 0.3) is 0 Å². The lowest BCUT2D eigenvalue weighted by molar-refractivity contribution is -0.109. The summed E-state index contributed by atoms with van der Waals surface area (Å²) in [6, 6.07) is 3.76. The molecule has 0 radical (unpaired) electrons. The minimum absolute atomic E-state index is 0.00637. The van der Waals surface area contributed by atoms with Gasteiger partial charge in [0.05, 0.1) is 44.0 Å². The molecule has 0 unspecified atom stereocenters. The molecule has 0 bridgehead atoms. The number of halogens is 1. The maximum Gasteiger partial charge on any atom is 0.234 e. The van der Waals surface area contributed by atoms with Gasteiger partial charge in [-0.05, 0) is 0 Å². The first kappa shape index (κ1) is 27.3. The maximum absolute atomic E-state index is 10.8. The number of hydrogen-bond donors (Lipinski definition) is 1. The highest BCUT2D eigenvalue weighted by Gasteiger charge is 2.21. The van der Waals surface area contributed by atoms with Crippen LogP contribution in [0, 0.1) is 0 Å². The highest BCUT2D eigenvalue weighted by molar-refractivity contribution is 6.31. The van der Waals surface area contributed by atoms with E-state index in [-0.39, 0.29) is 11.3 Å². The standard InChI is InChI=1S/C26H32ClN7O5/c1-36-22-16-28-24(27)26(31-22)32-25-23-20(29-17-30-25)14-19(15-21(23)39-18-2-11-37-12-3-18)38-13-9-34-6-4-33(5-7-34)8-10-35/h10,14-18H,2-9,11-13H2,1H3,(H,29,30,31,32). The Kier molecular flexibility index (Phi) is 9.19. The number of anilines is 2. The van der Waals surface area contributed by atoms with E-state index in [4.69, 9.17) is 30.5 Å². The smallest absolute Gasteiger partial charge is 0.234 e. The van der Waals surface area contributed by atoms with Crippen molar-refractivity contribution in [2.24, 2.45) is 0 Å². The minimum Gasteiger partial charge on any atom is -0.492 e. The van der Waals surface area contributed by atoms with E-state index in [2.05, 4.69) is 35.1 Å². The van der Waals surface area contributed by atoms with Gasteiger partial charge in [-0.3, -0.25) is 9.80 Å². The molecule has 39 heavy (non-hydrogen) atoms. The van der Waals surface area contributed by atoms with E-state index >= 15 is 0 Å². The molecule has 4 heterocycles. The van der Waals surface area contributed by atoms with E-state index in [0.717, 1.165) is 51.9 Å². The van der Waals surface area contributed by atoms with Gasteiger partial charge < -0.3 is 29.1 Å². The first-order valence-corrected chi connectivity index (χ1v) is 13.4. The van der Waals surface area contributed by atoms with Crippen LogP contribution in [-0.4, -0.2) is 108 Å². The quantitative estimate of drug-likeness (QED) is 0.348. The average Bonchev–Trinajstić information content (AvgIpc) is 2.96. The Morgan fingerprint density at radius 3 is 2.67 bits per heavy atom. The normalized spacial score (nSPS) is 17.2. The summed E-state index contributed by atoms with van der Waals surface area (Å²) in [6.45, 7) is 6.67. The second-order valence-corrected chi connectivity index (χ2v) is 9.66. The highest BCUT2D eigenvalue weighted by atomic mass is 35.5. The molecule has 2 saturated heterocycles. The summed E-state index contributed by atoms with van der Waals surface area (Å²) in [6.07, 6.45) is 5.43. The number of methoxy groups -OCH3 is 1. The monoisotopic (exact) mass is 557 g/mol. The lowest BCUT2D eigenvalue weighted by Gasteiger charge is -2.33. The van der Waals surface area contributed by atoms with Crippen molar-refractivity contribution in [2.75, 3.05) is 71.5 Å². The van der Waals surface area contributed by atoms with E-state index in [0.29, 0.717) is 66.3 Å². The molecule has 208 valence electrons. The van der Waals surface area contributed by atoms with Gasteiger partial charge in [0.2, 0.25) is 5.88 Å². The van der Waals surface area contributed by atoms with Crippen LogP contribution in [0.5, 0.6) is 17.4 Å². The lowest BCUT2D eigenvalue weighted by atomic mass is 10.1. The number of aldehydes is 1. The van der Waals surface area contributed by atoms with Crippen LogP contribution >= 0.6 is 11.6 Å². The Balaban J connectivity index is 1.37. The number of fused-ring (bicyclic) bond motifs is 1. The number of nitrogens with zero attached hydrogens (tertiary/aromatic N) is 6. The van der Waals surface area contributed by atoms with Gasteiger partial charge >= 0.3 is 0 Å². The van der Waals surface area contributed by atoms with Crippen LogP contribution < -0.4 is 19.5 Å². The molecule has 13 heteroatoms. The topological polar surface area (TPSA) is 124 Å². The third-order valence-electron chi connectivity index (χ3n) is 6.76. The maximum atomic E-state index is 10.8. The van der Waals surface area contributed by atoms with Crippen molar-refractivity contribution in [1.29, 1.82) is 0 Å². The zero-order valence-corrected chi connectivity index (χ0v) is 22.6. The summed E-state index contributed by atoms with van der Waals surface area (Å²) in [7, 11) is 1.51. The van der Waals surface area contributed by atoms with Gasteiger partial charge in [0.15, 0.2) is 11.0 Å². The number of benzene rings is 1. The van der Waals surface area contributed by atoms with Crippen molar-refractivity contribution in [1.82, 2.24) is 29.7 Å². The van der Waals surface area contributed by atoms with Gasteiger partial charge in [-0.1, -0.05) is 11.6 Å². The number of piperazine rings is 1. The van der Waals surface area contributed by atoms with Crippen LogP contribution in [0.15, 0.2) is 24.7 Å². The molecule has 12 nitrogen and oxygen atoms in total. The third-order valence-corrected chi connectivity index (χ3v) is 7.04. The van der Waals surface area contributed by atoms with E-state index < -0.39 is 0 Å². The van der Waals surface area contributed by atoms with E-state index in [1.807, 2.05) is 12.1 Å². The number of carbonyl (C=O) groups is 1. The van der Waals surface area contributed by atoms with E-state index in [1.165, 1.54) is 19.6 Å². The first-order valence-electron chi connectivity index (χ1n) is 13.0. The fourth-order valence-electron chi connectivity index (χ4n) is 4.62. The Morgan fingerprint density at radius 1 is 1.10 bits per heavy atom. The molecule has 2 fully saturated rings. The minimum atomic E-state index is -0.00637. The predicted octanol–water partition coefficient (Wildman–Crippen LogP) is 2.58. The van der Waals surface area contributed by atoms with Crippen LogP contribution in [0.1, 0.15) is 12.8 Å². The number of aromatic nitrogens is 4. The number of rotatable bonds is 11. The highest BCUT2D eigenvalue weighted by Crippen LogP contribution is 2.37. The molecule has 3 aromatic rings. The van der Waals surface area contributed by atoms with Crippen molar-refractivity contribution >= 4 is 40.4 Å². The Bertz CT molecular complexity index is 1270. The van der Waals surface area contributed by atoms with Crippen molar-refractivity contribution in [3.8, 4) is 17.4 Å². The van der Waals surface area contributed by atoms with Crippen LogP contribution in [0.4, 0.5) is 11.6 Å². The number of hydrogen-bond acceptors (Lipinski definition) is 12. The average molecular weight is 558 g/mol. The predicted molar refractivity (Wildman–Crippen MR) is 145 cm³/mol. The van der Waals surface area contributed by atoms with Crippen LogP contribution in [0.3, 0.4) is 0 Å². The SMILES string of the molecule is COc1cnc(Cl)c(Nc2ncnc3cc(OCCN4CCN(CC=O)CC4)cc(OC4CCOCC4)c23)n1. The zero-order valence-electron chi connectivity index (χ0n) is 21.8. The number of carbonyl (C=O) groups excluding carboxylic acids is 1. The summed E-state index contributed by atoms with van der Waals surface area (Å²) in [4.78, 5) is 32.7. The fourth-order valence-corrected chi connectivity index (χ4v) is 4.75. The summed E-state index contributed by atoms with van der Waals surface area (Å²) < 4.78 is 23.4. The first-order chi connectivity index (χ1) is 19.1. The molecule has 2 aromatic heterocycles. The van der Waals surface area contributed by atoms with Crippen molar-refractivity contribution in [3.05, 3.63) is 29.8 Å². The van der Waals surface area contributed by atoms with Crippen LogP contribution in [0.25, 0.3) is 10.9 Å². The molecule has 1 N–H and O–H groups in total. The molecule has 0 saturated carbocycles. The second-order valence-electron chi connectivity index (χ2n) is 9.30. The molecule has 0 amide bonds. The van der Waals surface area contributed by atoms with Gasteiger partial charge in [0, 0.05) is 57.7 Å². The van der Waals surface area contributed by atoms with E-state index in [1.54, 1.807) is 0 Å². The Hall–Kier alpha value is -3.32. The molecular formula is C26H32ClN7O5. The molecule has 0 spiro atoms. The zero-order chi connectivity index (χ0) is 27.0. The molecule has 0 aliphatic carbocycles. The van der Waals surface area contributed by atoms with Crippen LogP contribution in [-0.2, 0) is 9.53 Å². The molecule has 1 aromatic carbocycles. The van der Waals surface area contributed by atoms with Gasteiger partial charge in [0.1, 0.15) is 42.6 Å². The molecule has 5 rings (SSSR count). The van der Waals surface area contributed by atoms with Gasteiger partial charge in [-0.15, -0.1) is 0 Å². The molecule has 2 aliphatic heterocycles.